The number of nitrogens with one attached hydrogen (secondary N) is 1. The van der Waals surface area contributed by atoms with Gasteiger partial charge in [-0.2, -0.15) is 0 Å². The molecule has 1 heterocycles. The summed E-state index contributed by atoms with van der Waals surface area (Å²) in [6.07, 6.45) is 3.81. The normalized spacial score (nSPS) is 16.9. The second kappa shape index (κ2) is 7.69. The van der Waals surface area contributed by atoms with Crippen LogP contribution in [-0.2, 0) is 17.6 Å². The highest BCUT2D eigenvalue weighted by Crippen LogP contribution is 2.32. The third-order valence-electron chi connectivity index (χ3n) is 3.84. The van der Waals surface area contributed by atoms with Crippen molar-refractivity contribution in [3.63, 3.8) is 0 Å². The van der Waals surface area contributed by atoms with Crippen LogP contribution in [0.5, 0.6) is 0 Å². The Hall–Kier alpha value is -1.04. The number of carbonyl (C=O) groups excluding carboxylic acids is 1. The third kappa shape index (κ3) is 4.72. The summed E-state index contributed by atoms with van der Waals surface area (Å²) < 4.78 is 0. The number of carbonyl (C=O) groups is 1. The molecule has 1 amide bonds. The summed E-state index contributed by atoms with van der Waals surface area (Å²) in [4.78, 5) is 19.1. The van der Waals surface area contributed by atoms with Crippen LogP contribution in [0.1, 0.15) is 30.3 Å². The molecule has 23 heavy (non-hydrogen) atoms. The molecule has 1 aliphatic rings. The molecular weight excluding hydrogens is 348 g/mol. The predicted molar refractivity (Wildman–Crippen MR) is 98.7 cm³/mol. The van der Waals surface area contributed by atoms with Crippen LogP contribution in [0.25, 0.3) is 0 Å². The zero-order chi connectivity index (χ0) is 16.2. The highest BCUT2D eigenvalue weighted by molar-refractivity contribution is 7.99. The van der Waals surface area contributed by atoms with E-state index in [9.17, 15) is 4.79 Å². The number of thiazole rings is 1. The fourth-order valence-corrected chi connectivity index (χ4v) is 4.73. The third-order valence-corrected chi connectivity index (χ3v) is 6.15. The van der Waals surface area contributed by atoms with E-state index in [4.69, 9.17) is 11.6 Å². The minimum atomic E-state index is 0.0330. The number of nitrogens with zero attached hydrogens (tertiary/aromatic N) is 1. The van der Waals surface area contributed by atoms with Gasteiger partial charge in [0.05, 0.1) is 5.69 Å². The Bertz CT molecular complexity index is 684. The first-order chi connectivity index (χ1) is 11.1. The number of thioether (sulfide) groups is 1. The molecule has 0 bridgehead atoms. The molecule has 1 atom stereocenters. The molecule has 0 saturated carbocycles. The molecule has 1 unspecified atom stereocenters. The zero-order valence-corrected chi connectivity index (χ0v) is 15.4. The van der Waals surface area contributed by atoms with E-state index in [0.29, 0.717) is 6.42 Å². The maximum absolute atomic E-state index is 12.1. The van der Waals surface area contributed by atoms with Crippen molar-refractivity contribution in [2.24, 2.45) is 5.92 Å². The summed E-state index contributed by atoms with van der Waals surface area (Å²) in [7, 11) is 0. The van der Waals surface area contributed by atoms with Crippen LogP contribution < -0.4 is 5.32 Å². The van der Waals surface area contributed by atoms with Gasteiger partial charge in [-0.15, -0.1) is 23.1 Å². The van der Waals surface area contributed by atoms with E-state index in [0.717, 1.165) is 39.6 Å². The minimum Gasteiger partial charge on any atom is -0.302 e. The fourth-order valence-electron chi connectivity index (χ4n) is 2.57. The smallest absolute Gasteiger partial charge is 0.226 e. The van der Waals surface area contributed by atoms with Crippen molar-refractivity contribution in [3.8, 4) is 0 Å². The van der Waals surface area contributed by atoms with Gasteiger partial charge in [-0.1, -0.05) is 18.5 Å². The van der Waals surface area contributed by atoms with E-state index < -0.39 is 0 Å². The van der Waals surface area contributed by atoms with Gasteiger partial charge in [-0.25, -0.2) is 4.98 Å². The van der Waals surface area contributed by atoms with Gasteiger partial charge >= 0.3 is 0 Å². The molecule has 0 radical (unpaired) electrons. The van der Waals surface area contributed by atoms with E-state index in [2.05, 4.69) is 17.2 Å². The number of halogens is 1. The topological polar surface area (TPSA) is 42.0 Å². The summed E-state index contributed by atoms with van der Waals surface area (Å²) >= 11 is 9.15. The van der Waals surface area contributed by atoms with Crippen LogP contribution in [-0.4, -0.2) is 16.6 Å². The lowest BCUT2D eigenvalue weighted by Crippen LogP contribution is -2.12. The van der Waals surface area contributed by atoms with Crippen molar-refractivity contribution < 1.29 is 4.79 Å². The number of hydrogen-bond acceptors (Lipinski definition) is 4. The lowest BCUT2D eigenvalue weighted by molar-refractivity contribution is -0.115. The highest BCUT2D eigenvalue weighted by atomic mass is 35.5. The number of fused-ring (bicyclic) bond motifs is 1. The Morgan fingerprint density at radius 1 is 1.43 bits per heavy atom. The molecule has 0 aliphatic heterocycles. The Balaban J connectivity index is 1.47. The molecule has 3 rings (SSSR count). The molecule has 0 saturated heterocycles. The van der Waals surface area contributed by atoms with Crippen molar-refractivity contribution in [1.82, 2.24) is 4.98 Å². The van der Waals surface area contributed by atoms with Gasteiger partial charge in [0, 0.05) is 27.0 Å². The maximum atomic E-state index is 12.1. The Kier molecular flexibility index (Phi) is 5.62. The minimum absolute atomic E-state index is 0.0330. The number of amides is 1. The molecule has 2 aromatic rings. The van der Waals surface area contributed by atoms with Gasteiger partial charge < -0.3 is 5.32 Å². The lowest BCUT2D eigenvalue weighted by Gasteiger charge is -2.15. The fraction of sp³-hybridized carbons (Fsp3) is 0.412. The van der Waals surface area contributed by atoms with Crippen molar-refractivity contribution in [1.29, 1.82) is 0 Å². The summed E-state index contributed by atoms with van der Waals surface area (Å²) in [5.74, 6) is 1.50. The first-order valence-electron chi connectivity index (χ1n) is 7.77. The molecule has 1 N–H and O–H groups in total. The second-order valence-electron chi connectivity index (χ2n) is 5.84. The quantitative estimate of drug-likeness (QED) is 0.753. The predicted octanol–water partition coefficient (Wildman–Crippen LogP) is 5.04. The van der Waals surface area contributed by atoms with Gasteiger partial charge in [0.2, 0.25) is 5.91 Å². The highest BCUT2D eigenvalue weighted by Gasteiger charge is 2.20. The number of aromatic nitrogens is 1. The van der Waals surface area contributed by atoms with Crippen molar-refractivity contribution in [2.75, 3.05) is 11.1 Å². The Labute approximate surface area is 149 Å². The summed E-state index contributed by atoms with van der Waals surface area (Å²) in [6.45, 7) is 2.27. The molecule has 122 valence electrons. The van der Waals surface area contributed by atoms with E-state index >= 15 is 0 Å². The number of benzene rings is 1. The Morgan fingerprint density at radius 2 is 2.22 bits per heavy atom. The van der Waals surface area contributed by atoms with Crippen LogP contribution >= 0.6 is 34.7 Å². The average Bonchev–Trinajstić information content (AvgIpc) is 2.90. The van der Waals surface area contributed by atoms with Crippen LogP contribution in [0.15, 0.2) is 29.2 Å². The molecule has 1 aromatic heterocycles. The van der Waals surface area contributed by atoms with Gasteiger partial charge in [0.15, 0.2) is 5.13 Å². The van der Waals surface area contributed by atoms with E-state index in [1.807, 2.05) is 24.3 Å². The summed E-state index contributed by atoms with van der Waals surface area (Å²) in [5, 5.41) is 4.43. The molecule has 3 nitrogen and oxygen atoms in total. The van der Waals surface area contributed by atoms with E-state index in [-0.39, 0.29) is 5.91 Å². The number of anilines is 1. The van der Waals surface area contributed by atoms with Crippen LogP contribution in [0.3, 0.4) is 0 Å². The van der Waals surface area contributed by atoms with E-state index in [1.165, 1.54) is 17.0 Å². The standard InChI is InChI=1S/C17H19ClN2OS2/c1-11-2-7-14-15(10-11)23-17(19-14)20-16(21)8-9-22-13-5-3-12(18)4-6-13/h3-6,11H,2,7-10H2,1H3,(H,19,20,21). The van der Waals surface area contributed by atoms with Crippen LogP contribution in [0.2, 0.25) is 5.02 Å². The molecular formula is C17H19ClN2OS2. The van der Waals surface area contributed by atoms with Crippen molar-refractivity contribution in [2.45, 2.75) is 37.5 Å². The zero-order valence-electron chi connectivity index (χ0n) is 13.0. The molecule has 1 aromatic carbocycles. The lowest BCUT2D eigenvalue weighted by atomic mass is 9.93. The van der Waals surface area contributed by atoms with Crippen molar-refractivity contribution in [3.05, 3.63) is 39.9 Å². The first kappa shape index (κ1) is 16.8. The van der Waals surface area contributed by atoms with E-state index in [1.54, 1.807) is 23.1 Å². The monoisotopic (exact) mass is 366 g/mol. The van der Waals surface area contributed by atoms with Crippen molar-refractivity contribution >= 4 is 45.7 Å². The molecule has 0 fully saturated rings. The van der Waals surface area contributed by atoms with Crippen LogP contribution in [0.4, 0.5) is 5.13 Å². The van der Waals surface area contributed by atoms with Crippen LogP contribution in [0, 0.1) is 5.92 Å². The number of hydrogen-bond donors (Lipinski definition) is 1. The van der Waals surface area contributed by atoms with Gasteiger partial charge in [0.25, 0.3) is 0 Å². The molecule has 1 aliphatic carbocycles. The molecule has 6 heteroatoms. The first-order valence-corrected chi connectivity index (χ1v) is 9.95. The number of rotatable bonds is 5. The van der Waals surface area contributed by atoms with Gasteiger partial charge in [0.1, 0.15) is 0 Å². The van der Waals surface area contributed by atoms with Gasteiger partial charge in [-0.05, 0) is 49.4 Å². The maximum Gasteiger partial charge on any atom is 0.226 e. The van der Waals surface area contributed by atoms with Gasteiger partial charge in [-0.3, -0.25) is 4.79 Å². The SMILES string of the molecule is CC1CCc2nc(NC(=O)CCSc3ccc(Cl)cc3)sc2C1. The summed E-state index contributed by atoms with van der Waals surface area (Å²) in [6, 6.07) is 7.68. The largest absolute Gasteiger partial charge is 0.302 e. The number of aryl methyl sites for hydroxylation is 1. The Morgan fingerprint density at radius 3 is 3.00 bits per heavy atom. The second-order valence-corrected chi connectivity index (χ2v) is 8.53. The average molecular weight is 367 g/mol. The summed E-state index contributed by atoms with van der Waals surface area (Å²) in [5.41, 5.74) is 1.18. The molecule has 0 spiro atoms.